The van der Waals surface area contributed by atoms with Gasteiger partial charge in [-0.05, 0) is 82.6 Å². The average molecular weight is 700 g/mol. The summed E-state index contributed by atoms with van der Waals surface area (Å²) in [4.78, 5) is 0. The summed E-state index contributed by atoms with van der Waals surface area (Å²) in [5, 5.41) is 9.93. The minimum Gasteiger partial charge on any atom is -0.308 e. The normalized spacial score (nSPS) is 12.0. The topological polar surface area (TPSA) is 14.8 Å². The van der Waals surface area contributed by atoms with E-state index in [2.05, 4.69) is 214 Å². The van der Waals surface area contributed by atoms with Gasteiger partial charge in [-0.3, -0.25) is 0 Å². The van der Waals surface area contributed by atoms with E-state index in [1.807, 2.05) is 0 Å². The van der Waals surface area contributed by atoms with E-state index in [0.29, 0.717) is 0 Å². The van der Waals surface area contributed by atoms with Gasteiger partial charge in [0.05, 0.1) is 33.1 Å². The molecule has 55 heavy (non-hydrogen) atoms. The lowest BCUT2D eigenvalue weighted by Crippen LogP contribution is -1.98. The molecule has 9 aromatic carbocycles. The van der Waals surface area contributed by atoms with Gasteiger partial charge in [0.1, 0.15) is 0 Å². The lowest BCUT2D eigenvalue weighted by molar-refractivity contribution is 1.17. The third-order valence-corrected chi connectivity index (χ3v) is 11.6. The monoisotopic (exact) mass is 699 g/mol. The molecule has 12 rings (SSSR count). The Labute approximate surface area is 317 Å². The van der Waals surface area contributed by atoms with Crippen LogP contribution in [0.3, 0.4) is 0 Å². The molecule has 0 bridgehead atoms. The Morgan fingerprint density at radius 2 is 0.636 bits per heavy atom. The van der Waals surface area contributed by atoms with E-state index in [4.69, 9.17) is 0 Å². The third-order valence-electron chi connectivity index (χ3n) is 11.6. The fraction of sp³-hybridized carbons (Fsp3) is 0. The predicted molar refractivity (Wildman–Crippen MR) is 232 cm³/mol. The molecule has 0 aliphatic heterocycles. The molecule has 0 fully saturated rings. The van der Waals surface area contributed by atoms with Gasteiger partial charge in [-0.1, -0.05) is 140 Å². The van der Waals surface area contributed by atoms with Crippen LogP contribution in [0.2, 0.25) is 0 Å². The first-order chi connectivity index (χ1) is 27.3. The van der Waals surface area contributed by atoms with Gasteiger partial charge in [0, 0.05) is 49.4 Å². The summed E-state index contributed by atoms with van der Waals surface area (Å²) in [5.41, 5.74) is 13.1. The lowest BCUT2D eigenvalue weighted by atomic mass is 10.0. The SMILES string of the molecule is c1ccc(-c2ccc3cc(-n4c5ccccc5c5c6c(c7ccccc7n6-c6ccccc6)c6c(c7ccccc7n6-c6ccccc6)c54)ccc3c2)cc1. The molecule has 0 amide bonds. The quantitative estimate of drug-likeness (QED) is 0.174. The zero-order valence-corrected chi connectivity index (χ0v) is 29.9. The molecule has 0 saturated carbocycles. The molecular formula is C52H33N3. The van der Waals surface area contributed by atoms with Gasteiger partial charge in [0.2, 0.25) is 0 Å². The number of fused-ring (bicyclic) bond motifs is 13. The second-order valence-corrected chi connectivity index (χ2v) is 14.5. The molecule has 0 radical (unpaired) electrons. The Balaban J connectivity index is 1.32. The zero-order chi connectivity index (χ0) is 36.0. The van der Waals surface area contributed by atoms with Gasteiger partial charge in [0.15, 0.2) is 0 Å². The standard InChI is InChI=1S/C52H33N3/c1-4-16-34(17-5-1)35-28-29-37-33-40(31-30-36(37)32-35)55-46-27-15-12-24-43(46)49-51-47(41-22-10-13-25-44(41)53(51)38-18-6-2-7-19-38)50-48(52(49)55)42-23-11-14-26-45(42)54(50)39-20-8-3-9-21-39/h1-33H. The Bertz CT molecular complexity index is 3390. The van der Waals surface area contributed by atoms with E-state index < -0.39 is 0 Å². The van der Waals surface area contributed by atoms with Crippen molar-refractivity contribution in [3.63, 3.8) is 0 Å². The smallest absolute Gasteiger partial charge is 0.0663 e. The summed E-state index contributed by atoms with van der Waals surface area (Å²) in [6.07, 6.45) is 0. The molecule has 0 unspecified atom stereocenters. The summed E-state index contributed by atoms with van der Waals surface area (Å²) in [5.74, 6) is 0. The number of nitrogens with zero attached hydrogens (tertiary/aromatic N) is 3. The van der Waals surface area contributed by atoms with Crippen LogP contribution in [-0.2, 0) is 0 Å². The Hall–Kier alpha value is -7.36. The first-order valence-electron chi connectivity index (χ1n) is 19.0. The van der Waals surface area contributed by atoms with Gasteiger partial charge in [-0.15, -0.1) is 0 Å². The van der Waals surface area contributed by atoms with Crippen molar-refractivity contribution in [2.24, 2.45) is 0 Å². The van der Waals surface area contributed by atoms with Crippen molar-refractivity contribution in [1.82, 2.24) is 13.7 Å². The van der Waals surface area contributed by atoms with Gasteiger partial charge >= 0.3 is 0 Å². The van der Waals surface area contributed by atoms with Crippen LogP contribution in [0.15, 0.2) is 200 Å². The second kappa shape index (κ2) is 11.6. The molecule has 0 N–H and O–H groups in total. The number of rotatable bonds is 4. The van der Waals surface area contributed by atoms with E-state index in [-0.39, 0.29) is 0 Å². The van der Waals surface area contributed by atoms with Crippen molar-refractivity contribution in [2.75, 3.05) is 0 Å². The molecule has 0 aliphatic rings. The number of benzene rings is 9. The first-order valence-corrected chi connectivity index (χ1v) is 19.0. The van der Waals surface area contributed by atoms with Crippen molar-refractivity contribution in [2.45, 2.75) is 0 Å². The molecule has 0 saturated heterocycles. The molecular weight excluding hydrogens is 667 g/mol. The predicted octanol–water partition coefficient (Wildman–Crippen LogP) is 13.8. The van der Waals surface area contributed by atoms with Crippen molar-refractivity contribution in [3.8, 4) is 28.2 Å². The van der Waals surface area contributed by atoms with Crippen molar-refractivity contribution < 1.29 is 0 Å². The van der Waals surface area contributed by atoms with E-state index in [1.165, 1.54) is 87.3 Å². The average Bonchev–Trinajstić information content (AvgIpc) is 3.90. The van der Waals surface area contributed by atoms with Gasteiger partial charge in [-0.2, -0.15) is 0 Å². The first kappa shape index (κ1) is 30.1. The molecule has 3 heterocycles. The molecule has 3 aromatic heterocycles. The molecule has 0 atom stereocenters. The van der Waals surface area contributed by atoms with Crippen LogP contribution in [0, 0.1) is 0 Å². The zero-order valence-electron chi connectivity index (χ0n) is 29.9. The molecule has 0 aliphatic carbocycles. The fourth-order valence-electron chi connectivity index (χ4n) is 9.29. The van der Waals surface area contributed by atoms with Crippen LogP contribution in [0.5, 0.6) is 0 Å². The van der Waals surface area contributed by atoms with Crippen LogP contribution in [0.4, 0.5) is 0 Å². The largest absolute Gasteiger partial charge is 0.308 e. The Morgan fingerprint density at radius 3 is 1.13 bits per heavy atom. The molecule has 3 heteroatoms. The minimum absolute atomic E-state index is 1.14. The summed E-state index contributed by atoms with van der Waals surface area (Å²) in [6.45, 7) is 0. The molecule has 12 aromatic rings. The van der Waals surface area contributed by atoms with Gasteiger partial charge in [0.25, 0.3) is 0 Å². The Morgan fingerprint density at radius 1 is 0.255 bits per heavy atom. The summed E-state index contributed by atoms with van der Waals surface area (Å²) >= 11 is 0. The van der Waals surface area contributed by atoms with Gasteiger partial charge < -0.3 is 13.7 Å². The third kappa shape index (κ3) is 4.26. The van der Waals surface area contributed by atoms with Crippen molar-refractivity contribution in [3.05, 3.63) is 200 Å². The minimum atomic E-state index is 1.14. The van der Waals surface area contributed by atoms with Crippen LogP contribution in [-0.4, -0.2) is 13.7 Å². The summed E-state index contributed by atoms with van der Waals surface area (Å²) < 4.78 is 7.54. The Kier molecular flexibility index (Phi) is 6.34. The summed E-state index contributed by atoms with van der Waals surface area (Å²) in [7, 11) is 0. The lowest BCUT2D eigenvalue weighted by Gasteiger charge is -2.14. The van der Waals surface area contributed by atoms with Crippen LogP contribution >= 0.6 is 0 Å². The van der Waals surface area contributed by atoms with E-state index in [0.717, 1.165) is 17.1 Å². The van der Waals surface area contributed by atoms with Crippen LogP contribution in [0.25, 0.3) is 104 Å². The highest BCUT2D eigenvalue weighted by Crippen LogP contribution is 2.50. The summed E-state index contributed by atoms with van der Waals surface area (Å²) in [6, 6.07) is 73.1. The van der Waals surface area contributed by atoms with E-state index >= 15 is 0 Å². The highest BCUT2D eigenvalue weighted by Gasteiger charge is 2.28. The number of hydrogen-bond donors (Lipinski definition) is 0. The second-order valence-electron chi connectivity index (χ2n) is 14.5. The van der Waals surface area contributed by atoms with Crippen molar-refractivity contribution in [1.29, 1.82) is 0 Å². The maximum atomic E-state index is 2.53. The fourth-order valence-corrected chi connectivity index (χ4v) is 9.29. The number of aromatic nitrogens is 3. The number of hydrogen-bond acceptors (Lipinski definition) is 0. The van der Waals surface area contributed by atoms with E-state index in [9.17, 15) is 0 Å². The maximum absolute atomic E-state index is 2.53. The highest BCUT2D eigenvalue weighted by molar-refractivity contribution is 6.40. The van der Waals surface area contributed by atoms with E-state index in [1.54, 1.807) is 0 Å². The molecule has 0 spiro atoms. The van der Waals surface area contributed by atoms with Crippen LogP contribution in [0.1, 0.15) is 0 Å². The molecule has 3 nitrogen and oxygen atoms in total. The molecule has 256 valence electrons. The maximum Gasteiger partial charge on any atom is 0.0663 e. The van der Waals surface area contributed by atoms with Gasteiger partial charge in [-0.25, -0.2) is 0 Å². The van der Waals surface area contributed by atoms with Crippen LogP contribution < -0.4 is 0 Å². The van der Waals surface area contributed by atoms with Crippen molar-refractivity contribution >= 4 is 76.2 Å². The number of para-hydroxylation sites is 5. The highest BCUT2D eigenvalue weighted by atomic mass is 15.0.